The largest absolute Gasteiger partial charge is 0.493 e. The maximum absolute atomic E-state index is 12.6. The lowest BCUT2D eigenvalue weighted by atomic mass is 10.0. The maximum Gasteiger partial charge on any atom is 0.220 e. The average Bonchev–Trinajstić information content (AvgIpc) is 2.62. The van der Waals surface area contributed by atoms with Crippen LogP contribution in [-0.4, -0.2) is 52.6 Å². The molecule has 2 N–H and O–H groups in total. The lowest BCUT2D eigenvalue weighted by molar-refractivity contribution is -0.120. The van der Waals surface area contributed by atoms with Crippen LogP contribution < -0.4 is 19.5 Å². The van der Waals surface area contributed by atoms with E-state index in [9.17, 15) is 13.8 Å². The van der Waals surface area contributed by atoms with Crippen LogP contribution in [0.4, 0.5) is 0 Å². The first-order valence-corrected chi connectivity index (χ1v) is 10.1. The summed E-state index contributed by atoms with van der Waals surface area (Å²) in [5.74, 6) is 0.650. The fraction of sp³-hybridized carbons (Fsp3) is 0.556. The van der Waals surface area contributed by atoms with E-state index in [1.54, 1.807) is 12.1 Å². The van der Waals surface area contributed by atoms with Crippen molar-refractivity contribution in [2.24, 2.45) is 0 Å². The van der Waals surface area contributed by atoms with Gasteiger partial charge in [0.05, 0.1) is 31.1 Å². The molecule has 1 aromatic carbocycles. The number of rotatable bonds is 13. The van der Waals surface area contributed by atoms with Gasteiger partial charge >= 0.3 is 0 Å². The highest BCUT2D eigenvalue weighted by Crippen LogP contribution is 2.36. The number of ether oxygens (including phenoxy) is 3. The van der Waals surface area contributed by atoms with Crippen LogP contribution in [0.2, 0.25) is 0 Å². The third-order valence-corrected chi connectivity index (χ3v) is 3.98. The molecule has 1 atom stereocenters. The lowest BCUT2D eigenvalue weighted by Gasteiger charge is -2.16. The Hall–Kier alpha value is -2.13. The van der Waals surface area contributed by atoms with Crippen molar-refractivity contribution in [3.8, 4) is 17.2 Å². The molecule has 0 saturated heterocycles. The molecule has 152 valence electrons. The van der Waals surface area contributed by atoms with Gasteiger partial charge in [0.25, 0.3) is 0 Å². The lowest BCUT2D eigenvalue weighted by Crippen LogP contribution is -2.27. The van der Waals surface area contributed by atoms with Crippen LogP contribution in [0.3, 0.4) is 0 Å². The van der Waals surface area contributed by atoms with Crippen molar-refractivity contribution >= 4 is 22.8 Å². The topological polar surface area (TPSA) is 111 Å². The van der Waals surface area contributed by atoms with Crippen LogP contribution in [0.15, 0.2) is 12.1 Å². The van der Waals surface area contributed by atoms with Crippen molar-refractivity contribution in [1.29, 1.82) is 0 Å². The minimum absolute atomic E-state index is 0.0202. The zero-order valence-electron chi connectivity index (χ0n) is 15.9. The van der Waals surface area contributed by atoms with Gasteiger partial charge in [-0.15, -0.1) is 0 Å². The first-order chi connectivity index (χ1) is 12.9. The summed E-state index contributed by atoms with van der Waals surface area (Å²) >= 11 is -1.96. The maximum atomic E-state index is 12.6. The summed E-state index contributed by atoms with van der Waals surface area (Å²) in [6, 6.07) is 3.20. The molecule has 0 radical (unpaired) electrons. The Kier molecular flexibility index (Phi) is 10.4. The van der Waals surface area contributed by atoms with Crippen molar-refractivity contribution in [3.63, 3.8) is 0 Å². The number of benzene rings is 1. The Morgan fingerprint density at radius 1 is 0.963 bits per heavy atom. The molecule has 0 aliphatic rings. The second-order valence-corrected chi connectivity index (χ2v) is 6.44. The molecule has 0 saturated carbocycles. The zero-order valence-corrected chi connectivity index (χ0v) is 16.7. The minimum atomic E-state index is -1.96. The van der Waals surface area contributed by atoms with E-state index in [1.807, 2.05) is 20.8 Å². The van der Waals surface area contributed by atoms with Gasteiger partial charge in [-0.1, -0.05) is 0 Å². The van der Waals surface area contributed by atoms with E-state index in [1.165, 1.54) is 0 Å². The van der Waals surface area contributed by atoms with Gasteiger partial charge in [0.15, 0.2) is 28.4 Å². The molecule has 1 unspecified atom stereocenters. The Labute approximate surface area is 161 Å². The van der Waals surface area contributed by atoms with E-state index in [4.69, 9.17) is 18.8 Å². The number of ketones is 1. The summed E-state index contributed by atoms with van der Waals surface area (Å²) < 4.78 is 35.9. The van der Waals surface area contributed by atoms with Gasteiger partial charge in [0.2, 0.25) is 5.91 Å². The number of hydrogen-bond donors (Lipinski definition) is 2. The third kappa shape index (κ3) is 7.96. The molecule has 9 heteroatoms. The Morgan fingerprint density at radius 3 is 2.07 bits per heavy atom. The van der Waals surface area contributed by atoms with Crippen LogP contribution in [-0.2, 0) is 15.9 Å². The van der Waals surface area contributed by atoms with E-state index in [2.05, 4.69) is 5.32 Å². The number of carbonyl (C=O) groups is 2. The molecule has 1 rings (SSSR count). The normalized spacial score (nSPS) is 11.6. The molecule has 0 aliphatic carbocycles. The van der Waals surface area contributed by atoms with Crippen LogP contribution in [0.5, 0.6) is 17.2 Å². The fourth-order valence-electron chi connectivity index (χ4n) is 2.30. The van der Waals surface area contributed by atoms with Gasteiger partial charge < -0.3 is 24.1 Å². The highest BCUT2D eigenvalue weighted by atomic mass is 32.2. The van der Waals surface area contributed by atoms with Crippen molar-refractivity contribution in [1.82, 2.24) is 5.32 Å². The predicted molar refractivity (Wildman–Crippen MR) is 102 cm³/mol. The van der Waals surface area contributed by atoms with Gasteiger partial charge in [-0.2, -0.15) is 0 Å². The monoisotopic (exact) mass is 401 g/mol. The number of hydrogen-bond acceptors (Lipinski definition) is 6. The number of Topliss-reactive ketones (excluding diaryl/α,β-unsaturated/α-hetero) is 1. The number of nitrogens with one attached hydrogen (secondary N) is 1. The van der Waals surface area contributed by atoms with Crippen LogP contribution in [0.1, 0.15) is 44.0 Å². The molecule has 1 aromatic rings. The highest BCUT2D eigenvalue weighted by molar-refractivity contribution is 7.79. The SMILES string of the molecule is CCOc1cc(OCC)c(C(=O)CCC(=O)NCCS(=O)O)cc1OCC. The summed E-state index contributed by atoms with van der Waals surface area (Å²) in [6.07, 6.45) is -0.0483. The van der Waals surface area contributed by atoms with E-state index in [0.717, 1.165) is 0 Å². The molecule has 0 fully saturated rings. The fourth-order valence-corrected chi connectivity index (χ4v) is 2.58. The summed E-state index contributed by atoms with van der Waals surface area (Å²) in [7, 11) is 0. The van der Waals surface area contributed by atoms with Gasteiger partial charge in [0.1, 0.15) is 5.75 Å². The Balaban J connectivity index is 2.88. The molecular weight excluding hydrogens is 374 g/mol. The quantitative estimate of drug-likeness (QED) is 0.385. The zero-order chi connectivity index (χ0) is 20.2. The first-order valence-electron chi connectivity index (χ1n) is 8.86. The van der Waals surface area contributed by atoms with Crippen molar-refractivity contribution in [3.05, 3.63) is 17.7 Å². The molecule has 8 nitrogen and oxygen atoms in total. The van der Waals surface area contributed by atoms with E-state index in [0.29, 0.717) is 42.6 Å². The first kappa shape index (κ1) is 22.9. The predicted octanol–water partition coefficient (Wildman–Crippen LogP) is 2.18. The van der Waals surface area contributed by atoms with Crippen LogP contribution in [0, 0.1) is 0 Å². The van der Waals surface area contributed by atoms with Crippen molar-refractivity contribution in [2.75, 3.05) is 32.1 Å². The van der Waals surface area contributed by atoms with Gasteiger partial charge in [-0.05, 0) is 26.8 Å². The van der Waals surface area contributed by atoms with Gasteiger partial charge in [0, 0.05) is 25.5 Å². The van der Waals surface area contributed by atoms with E-state index < -0.39 is 11.1 Å². The smallest absolute Gasteiger partial charge is 0.220 e. The van der Waals surface area contributed by atoms with Gasteiger partial charge in [-0.25, -0.2) is 4.21 Å². The minimum Gasteiger partial charge on any atom is -0.493 e. The molecule has 0 bridgehead atoms. The summed E-state index contributed by atoms with van der Waals surface area (Å²) in [4.78, 5) is 24.4. The summed E-state index contributed by atoms with van der Waals surface area (Å²) in [6.45, 7) is 6.80. The Morgan fingerprint density at radius 2 is 1.52 bits per heavy atom. The standard InChI is InChI=1S/C18H27NO7S/c1-4-24-15-12-17(26-6-3)16(25-5-2)11-13(15)14(20)7-8-18(21)19-9-10-27(22)23/h11-12H,4-10H2,1-3H3,(H,19,21)(H,22,23). The van der Waals surface area contributed by atoms with E-state index in [-0.39, 0.29) is 36.8 Å². The van der Waals surface area contributed by atoms with Crippen molar-refractivity contribution in [2.45, 2.75) is 33.6 Å². The molecule has 1 amide bonds. The molecule has 27 heavy (non-hydrogen) atoms. The molecule has 0 heterocycles. The summed E-state index contributed by atoms with van der Waals surface area (Å²) in [5.41, 5.74) is 0.327. The molecule has 0 aromatic heterocycles. The summed E-state index contributed by atoms with van der Waals surface area (Å²) in [5, 5.41) is 2.50. The van der Waals surface area contributed by atoms with Crippen LogP contribution in [0.25, 0.3) is 0 Å². The highest BCUT2D eigenvalue weighted by Gasteiger charge is 2.19. The number of amides is 1. The Bertz CT molecular complexity index is 663. The molecule has 0 aliphatic heterocycles. The third-order valence-electron chi connectivity index (χ3n) is 3.42. The van der Waals surface area contributed by atoms with Crippen LogP contribution >= 0.6 is 0 Å². The van der Waals surface area contributed by atoms with Gasteiger partial charge in [-0.3, -0.25) is 9.59 Å². The molecule has 0 spiro atoms. The van der Waals surface area contributed by atoms with E-state index >= 15 is 0 Å². The second kappa shape index (κ2) is 12.3. The average molecular weight is 401 g/mol. The number of carbonyl (C=O) groups excluding carboxylic acids is 2. The molecular formula is C18H27NO7S. The van der Waals surface area contributed by atoms with Crippen molar-refractivity contribution < 1.29 is 32.6 Å². The second-order valence-electron chi connectivity index (χ2n) is 5.39.